The van der Waals surface area contributed by atoms with Crippen LogP contribution in [0, 0.1) is 0 Å². The van der Waals surface area contributed by atoms with Crippen LogP contribution in [0.4, 0.5) is 4.79 Å². The zero-order chi connectivity index (χ0) is 16.8. The van der Waals surface area contributed by atoms with Gasteiger partial charge in [-0.3, -0.25) is 4.90 Å². The number of carbonyl (C=O) groups excluding carboxylic acids is 1. The number of urea groups is 1. The van der Waals surface area contributed by atoms with Gasteiger partial charge in [0.25, 0.3) is 0 Å². The Labute approximate surface area is 147 Å². The van der Waals surface area contributed by atoms with Gasteiger partial charge in [-0.25, -0.2) is 4.79 Å². The molecule has 2 saturated heterocycles. The fourth-order valence-electron chi connectivity index (χ4n) is 2.97. The lowest BCUT2D eigenvalue weighted by Crippen LogP contribution is -2.55. The van der Waals surface area contributed by atoms with Crippen molar-refractivity contribution in [2.75, 3.05) is 65.6 Å². The lowest BCUT2D eigenvalue weighted by Gasteiger charge is -2.38. The molecule has 1 aromatic carbocycles. The van der Waals surface area contributed by atoms with Gasteiger partial charge in [-0.15, -0.1) is 0 Å². The quantitative estimate of drug-likeness (QED) is 0.828. The number of morpholine rings is 1. The molecule has 2 aliphatic rings. The molecule has 0 aliphatic carbocycles. The van der Waals surface area contributed by atoms with E-state index in [4.69, 9.17) is 21.1 Å². The average Bonchev–Trinajstić information content (AvgIpc) is 2.63. The molecule has 2 aliphatic heterocycles. The largest absolute Gasteiger partial charge is 0.492 e. The van der Waals surface area contributed by atoms with Crippen LogP contribution in [0.5, 0.6) is 5.75 Å². The van der Waals surface area contributed by atoms with E-state index < -0.39 is 0 Å². The molecular weight excluding hydrogens is 330 g/mol. The molecule has 0 bridgehead atoms. The van der Waals surface area contributed by atoms with Crippen molar-refractivity contribution >= 4 is 17.6 Å². The van der Waals surface area contributed by atoms with Crippen molar-refractivity contribution in [3.05, 3.63) is 29.3 Å². The number of hydrogen-bond donors (Lipinski definition) is 0. The number of piperazine rings is 1. The molecule has 132 valence electrons. The molecule has 24 heavy (non-hydrogen) atoms. The van der Waals surface area contributed by atoms with Crippen LogP contribution in [0.2, 0.25) is 5.02 Å². The van der Waals surface area contributed by atoms with Crippen molar-refractivity contribution in [3.63, 3.8) is 0 Å². The monoisotopic (exact) mass is 353 g/mol. The molecule has 0 saturated carbocycles. The maximum absolute atomic E-state index is 12.4. The van der Waals surface area contributed by atoms with Gasteiger partial charge in [-0.1, -0.05) is 17.7 Å². The highest BCUT2D eigenvalue weighted by atomic mass is 35.5. The molecular formula is C17H24ClN3O3. The number of amides is 2. The molecule has 0 aromatic heterocycles. The van der Waals surface area contributed by atoms with Crippen molar-refractivity contribution in [1.82, 2.24) is 14.7 Å². The SMILES string of the molecule is O=C(N1CCOCC1)N1CCN(CCOc2cccc(Cl)c2)CC1. The lowest BCUT2D eigenvalue weighted by atomic mass is 10.3. The van der Waals surface area contributed by atoms with E-state index in [2.05, 4.69) is 4.90 Å². The Morgan fingerprint density at radius 2 is 1.79 bits per heavy atom. The van der Waals surface area contributed by atoms with Crippen LogP contribution in [0.25, 0.3) is 0 Å². The second-order valence-electron chi connectivity index (χ2n) is 6.02. The van der Waals surface area contributed by atoms with Crippen molar-refractivity contribution in [3.8, 4) is 5.75 Å². The van der Waals surface area contributed by atoms with Crippen LogP contribution in [0.15, 0.2) is 24.3 Å². The van der Waals surface area contributed by atoms with E-state index in [1.165, 1.54) is 0 Å². The highest BCUT2D eigenvalue weighted by molar-refractivity contribution is 6.30. The van der Waals surface area contributed by atoms with E-state index in [0.29, 0.717) is 37.9 Å². The fraction of sp³-hybridized carbons (Fsp3) is 0.588. The van der Waals surface area contributed by atoms with Gasteiger partial charge in [0.05, 0.1) is 13.2 Å². The Morgan fingerprint density at radius 3 is 2.50 bits per heavy atom. The smallest absolute Gasteiger partial charge is 0.320 e. The first-order valence-electron chi connectivity index (χ1n) is 8.45. The van der Waals surface area contributed by atoms with Crippen molar-refractivity contribution in [2.24, 2.45) is 0 Å². The maximum Gasteiger partial charge on any atom is 0.320 e. The average molecular weight is 354 g/mol. The van der Waals surface area contributed by atoms with Crippen LogP contribution in [0.1, 0.15) is 0 Å². The van der Waals surface area contributed by atoms with Gasteiger partial charge in [0.1, 0.15) is 12.4 Å². The summed E-state index contributed by atoms with van der Waals surface area (Å²) in [6.07, 6.45) is 0. The number of ether oxygens (including phenoxy) is 2. The van der Waals surface area contributed by atoms with E-state index in [1.54, 1.807) is 0 Å². The minimum atomic E-state index is 0.146. The maximum atomic E-state index is 12.4. The van der Waals surface area contributed by atoms with Crippen molar-refractivity contribution in [1.29, 1.82) is 0 Å². The molecule has 0 spiro atoms. The van der Waals surface area contributed by atoms with E-state index in [1.807, 2.05) is 34.1 Å². The van der Waals surface area contributed by atoms with Crippen LogP contribution >= 0.6 is 11.6 Å². The normalized spacial score (nSPS) is 19.4. The fourth-order valence-corrected chi connectivity index (χ4v) is 3.15. The Morgan fingerprint density at radius 1 is 1.08 bits per heavy atom. The topological polar surface area (TPSA) is 45.2 Å². The summed E-state index contributed by atoms with van der Waals surface area (Å²) in [5, 5.41) is 0.683. The number of hydrogen-bond acceptors (Lipinski definition) is 4. The third-order valence-corrected chi connectivity index (χ3v) is 4.63. The predicted molar refractivity (Wildman–Crippen MR) is 92.7 cm³/mol. The Hall–Kier alpha value is -1.50. The Bertz CT molecular complexity index is 544. The lowest BCUT2D eigenvalue weighted by molar-refractivity contribution is 0.0370. The van der Waals surface area contributed by atoms with E-state index in [9.17, 15) is 4.79 Å². The highest BCUT2D eigenvalue weighted by Gasteiger charge is 2.26. The van der Waals surface area contributed by atoms with Gasteiger partial charge in [0.2, 0.25) is 0 Å². The molecule has 6 nitrogen and oxygen atoms in total. The van der Waals surface area contributed by atoms with Crippen molar-refractivity contribution in [2.45, 2.75) is 0 Å². The zero-order valence-electron chi connectivity index (χ0n) is 13.8. The van der Waals surface area contributed by atoms with E-state index >= 15 is 0 Å². The first-order valence-corrected chi connectivity index (χ1v) is 8.82. The molecule has 0 unspecified atom stereocenters. The first-order chi connectivity index (χ1) is 11.7. The first kappa shape index (κ1) is 17.3. The summed E-state index contributed by atoms with van der Waals surface area (Å²) in [7, 11) is 0. The molecule has 7 heteroatoms. The van der Waals surface area contributed by atoms with Crippen LogP contribution in [0.3, 0.4) is 0 Å². The van der Waals surface area contributed by atoms with Gasteiger partial charge in [0, 0.05) is 50.8 Å². The third kappa shape index (κ3) is 4.75. The Balaban J connectivity index is 1.36. The van der Waals surface area contributed by atoms with Gasteiger partial charge >= 0.3 is 6.03 Å². The summed E-state index contributed by atoms with van der Waals surface area (Å²) >= 11 is 5.94. The van der Waals surface area contributed by atoms with Gasteiger partial charge < -0.3 is 19.3 Å². The van der Waals surface area contributed by atoms with Gasteiger partial charge in [-0.05, 0) is 18.2 Å². The standard InChI is InChI=1S/C17H24ClN3O3/c18-15-2-1-3-16(14-15)24-13-8-19-4-6-20(7-5-19)17(22)21-9-11-23-12-10-21/h1-3,14H,4-13H2. The number of nitrogens with zero attached hydrogens (tertiary/aromatic N) is 3. The molecule has 3 rings (SSSR count). The molecule has 0 N–H and O–H groups in total. The van der Waals surface area contributed by atoms with E-state index in [-0.39, 0.29) is 6.03 Å². The minimum Gasteiger partial charge on any atom is -0.492 e. The Kier molecular flexibility index (Phi) is 6.18. The summed E-state index contributed by atoms with van der Waals surface area (Å²) < 4.78 is 11.0. The highest BCUT2D eigenvalue weighted by Crippen LogP contribution is 2.17. The second kappa shape index (κ2) is 8.55. The number of carbonyl (C=O) groups is 1. The number of rotatable bonds is 4. The summed E-state index contributed by atoms with van der Waals surface area (Å²) in [6.45, 7) is 7.48. The third-order valence-electron chi connectivity index (χ3n) is 4.40. The summed E-state index contributed by atoms with van der Waals surface area (Å²) in [5.41, 5.74) is 0. The molecule has 0 radical (unpaired) electrons. The summed E-state index contributed by atoms with van der Waals surface area (Å²) in [5.74, 6) is 0.795. The predicted octanol–water partition coefficient (Wildman–Crippen LogP) is 1.79. The van der Waals surface area contributed by atoms with Crippen LogP contribution < -0.4 is 4.74 Å². The molecule has 2 amide bonds. The van der Waals surface area contributed by atoms with Crippen LogP contribution in [-0.2, 0) is 4.74 Å². The number of benzene rings is 1. The molecule has 1 aromatic rings. The molecule has 2 heterocycles. The second-order valence-corrected chi connectivity index (χ2v) is 6.45. The van der Waals surface area contributed by atoms with Crippen molar-refractivity contribution < 1.29 is 14.3 Å². The molecule has 0 atom stereocenters. The number of halogens is 1. The minimum absolute atomic E-state index is 0.146. The van der Waals surface area contributed by atoms with Crippen LogP contribution in [-0.4, -0.2) is 86.4 Å². The summed E-state index contributed by atoms with van der Waals surface area (Å²) in [6, 6.07) is 7.59. The summed E-state index contributed by atoms with van der Waals surface area (Å²) in [4.78, 5) is 18.6. The zero-order valence-corrected chi connectivity index (χ0v) is 14.6. The molecule has 2 fully saturated rings. The van der Waals surface area contributed by atoms with E-state index in [0.717, 1.165) is 38.5 Å². The van der Waals surface area contributed by atoms with Gasteiger partial charge in [-0.2, -0.15) is 0 Å². The van der Waals surface area contributed by atoms with Gasteiger partial charge in [0.15, 0.2) is 0 Å².